The summed E-state index contributed by atoms with van der Waals surface area (Å²) in [5.74, 6) is 1.64. The monoisotopic (exact) mass is 273 g/mol. The zero-order chi connectivity index (χ0) is 14.0. The molecule has 0 fully saturated rings. The first-order valence-electron chi connectivity index (χ1n) is 6.54. The van der Waals surface area contributed by atoms with Crippen molar-refractivity contribution in [2.45, 2.75) is 6.61 Å². The van der Waals surface area contributed by atoms with Gasteiger partial charge in [0, 0.05) is 0 Å². The van der Waals surface area contributed by atoms with E-state index in [0.717, 1.165) is 17.1 Å². The fourth-order valence-electron chi connectivity index (χ4n) is 1.66. The maximum absolute atomic E-state index is 5.56. The largest absolute Gasteiger partial charge is 0.497 e. The van der Waals surface area contributed by atoms with E-state index < -0.39 is 0 Å². The normalized spacial score (nSPS) is 10.2. The maximum Gasteiger partial charge on any atom is 0.119 e. The lowest BCUT2D eigenvalue weighted by atomic mass is 10.2. The number of nitrogens with one attached hydrogen (secondary N) is 1. The summed E-state index contributed by atoms with van der Waals surface area (Å²) in [5.41, 5.74) is 4.01. The number of benzene rings is 2. The number of hydroxylamine groups is 1. The standard InChI is InChI=1S/C16H19NO3/c1-18-15-7-9-16(10-8-15)19-12-11-17-20-13-14-5-3-2-4-6-14/h2-10,17H,11-13H2,1H3. The molecule has 2 rings (SSSR count). The first-order valence-corrected chi connectivity index (χ1v) is 6.54. The van der Waals surface area contributed by atoms with E-state index in [2.05, 4.69) is 5.48 Å². The zero-order valence-electron chi connectivity index (χ0n) is 11.5. The molecule has 0 aromatic heterocycles. The van der Waals surface area contributed by atoms with E-state index in [4.69, 9.17) is 14.3 Å². The van der Waals surface area contributed by atoms with Crippen LogP contribution in [0.2, 0.25) is 0 Å². The zero-order valence-corrected chi connectivity index (χ0v) is 11.5. The molecule has 2 aromatic rings. The van der Waals surface area contributed by atoms with Crippen molar-refractivity contribution in [1.29, 1.82) is 0 Å². The second kappa shape index (κ2) is 8.19. The number of hydrogen-bond acceptors (Lipinski definition) is 4. The summed E-state index contributed by atoms with van der Waals surface area (Å²) in [7, 11) is 1.64. The third kappa shape index (κ3) is 4.91. The Labute approximate surface area is 119 Å². The molecule has 0 saturated heterocycles. The molecule has 0 spiro atoms. The van der Waals surface area contributed by atoms with Crippen LogP contribution in [-0.4, -0.2) is 20.3 Å². The van der Waals surface area contributed by atoms with Gasteiger partial charge in [0.05, 0.1) is 20.3 Å². The van der Waals surface area contributed by atoms with Crippen LogP contribution in [0.1, 0.15) is 5.56 Å². The van der Waals surface area contributed by atoms with E-state index in [9.17, 15) is 0 Å². The topological polar surface area (TPSA) is 39.7 Å². The van der Waals surface area contributed by atoms with Gasteiger partial charge < -0.3 is 9.47 Å². The van der Waals surface area contributed by atoms with Gasteiger partial charge in [0.1, 0.15) is 18.1 Å². The second-order valence-electron chi connectivity index (χ2n) is 4.19. The smallest absolute Gasteiger partial charge is 0.119 e. The van der Waals surface area contributed by atoms with E-state index in [-0.39, 0.29) is 0 Å². The summed E-state index contributed by atoms with van der Waals surface area (Å²) in [4.78, 5) is 5.34. The minimum Gasteiger partial charge on any atom is -0.497 e. The number of rotatable bonds is 8. The van der Waals surface area contributed by atoms with Crippen molar-refractivity contribution in [2.75, 3.05) is 20.3 Å². The second-order valence-corrected chi connectivity index (χ2v) is 4.19. The molecule has 0 aliphatic heterocycles. The third-order valence-electron chi connectivity index (χ3n) is 2.72. The minimum absolute atomic E-state index is 0.543. The molecule has 0 unspecified atom stereocenters. The molecule has 0 saturated carbocycles. The van der Waals surface area contributed by atoms with E-state index in [1.165, 1.54) is 0 Å². The number of methoxy groups -OCH3 is 1. The molecular weight excluding hydrogens is 254 g/mol. The van der Waals surface area contributed by atoms with Crippen molar-refractivity contribution >= 4 is 0 Å². The summed E-state index contributed by atoms with van der Waals surface area (Å²) < 4.78 is 10.6. The Kier molecular flexibility index (Phi) is 5.89. The first kappa shape index (κ1) is 14.4. The Morgan fingerprint density at radius 2 is 1.60 bits per heavy atom. The Morgan fingerprint density at radius 1 is 0.900 bits per heavy atom. The van der Waals surface area contributed by atoms with Crippen LogP contribution in [0, 0.1) is 0 Å². The van der Waals surface area contributed by atoms with Crippen molar-refractivity contribution in [1.82, 2.24) is 5.48 Å². The van der Waals surface area contributed by atoms with Gasteiger partial charge in [0.25, 0.3) is 0 Å². The molecule has 0 atom stereocenters. The van der Waals surface area contributed by atoms with Crippen LogP contribution in [0.5, 0.6) is 11.5 Å². The predicted molar refractivity (Wildman–Crippen MR) is 77.7 cm³/mol. The van der Waals surface area contributed by atoms with Crippen LogP contribution in [0.4, 0.5) is 0 Å². The molecule has 0 aliphatic carbocycles. The highest BCUT2D eigenvalue weighted by molar-refractivity contribution is 5.31. The van der Waals surface area contributed by atoms with Crippen LogP contribution in [0.3, 0.4) is 0 Å². The van der Waals surface area contributed by atoms with Crippen molar-refractivity contribution in [2.24, 2.45) is 0 Å². The van der Waals surface area contributed by atoms with E-state index >= 15 is 0 Å². The van der Waals surface area contributed by atoms with E-state index in [1.54, 1.807) is 7.11 Å². The van der Waals surface area contributed by atoms with Crippen molar-refractivity contribution < 1.29 is 14.3 Å². The average Bonchev–Trinajstić information content (AvgIpc) is 2.52. The van der Waals surface area contributed by atoms with Crippen LogP contribution in [0.15, 0.2) is 54.6 Å². The van der Waals surface area contributed by atoms with Crippen molar-refractivity contribution in [3.63, 3.8) is 0 Å². The fourth-order valence-corrected chi connectivity index (χ4v) is 1.66. The van der Waals surface area contributed by atoms with Crippen LogP contribution in [0.25, 0.3) is 0 Å². The van der Waals surface area contributed by atoms with Gasteiger partial charge in [-0.25, -0.2) is 0 Å². The Bertz CT molecular complexity index is 485. The van der Waals surface area contributed by atoms with E-state index in [0.29, 0.717) is 19.8 Å². The summed E-state index contributed by atoms with van der Waals surface area (Å²) >= 11 is 0. The highest BCUT2D eigenvalue weighted by atomic mass is 16.6. The van der Waals surface area contributed by atoms with E-state index in [1.807, 2.05) is 54.6 Å². The first-order chi connectivity index (χ1) is 9.88. The highest BCUT2D eigenvalue weighted by Gasteiger charge is 1.95. The molecule has 4 nitrogen and oxygen atoms in total. The lowest BCUT2D eigenvalue weighted by Gasteiger charge is -2.08. The average molecular weight is 273 g/mol. The summed E-state index contributed by atoms with van der Waals surface area (Å²) in [6.45, 7) is 1.71. The molecule has 4 heteroatoms. The SMILES string of the molecule is COc1ccc(OCCNOCc2ccccc2)cc1. The number of ether oxygens (including phenoxy) is 2. The van der Waals surface area contributed by atoms with Gasteiger partial charge in [-0.15, -0.1) is 0 Å². The minimum atomic E-state index is 0.543. The summed E-state index contributed by atoms with van der Waals surface area (Å²) in [6.07, 6.45) is 0. The lowest BCUT2D eigenvalue weighted by molar-refractivity contribution is 0.0216. The fraction of sp³-hybridized carbons (Fsp3) is 0.250. The van der Waals surface area contributed by atoms with Crippen LogP contribution < -0.4 is 15.0 Å². The van der Waals surface area contributed by atoms with Gasteiger partial charge in [-0.3, -0.25) is 4.84 Å². The van der Waals surface area contributed by atoms with Crippen molar-refractivity contribution in [3.05, 3.63) is 60.2 Å². The van der Waals surface area contributed by atoms with Gasteiger partial charge in [0.2, 0.25) is 0 Å². The molecule has 106 valence electrons. The molecule has 2 aromatic carbocycles. The highest BCUT2D eigenvalue weighted by Crippen LogP contribution is 2.16. The molecule has 0 aliphatic rings. The molecule has 0 amide bonds. The number of hydrogen-bond donors (Lipinski definition) is 1. The predicted octanol–water partition coefficient (Wildman–Crippen LogP) is 2.80. The van der Waals surface area contributed by atoms with Crippen LogP contribution in [-0.2, 0) is 11.4 Å². The van der Waals surface area contributed by atoms with Gasteiger partial charge >= 0.3 is 0 Å². The Balaban J connectivity index is 1.57. The quantitative estimate of drug-likeness (QED) is 0.593. The van der Waals surface area contributed by atoms with Gasteiger partial charge in [-0.05, 0) is 29.8 Å². The summed E-state index contributed by atoms with van der Waals surface area (Å²) in [5, 5.41) is 0. The lowest BCUT2D eigenvalue weighted by Crippen LogP contribution is -2.21. The molecule has 0 radical (unpaired) electrons. The maximum atomic E-state index is 5.56. The van der Waals surface area contributed by atoms with Gasteiger partial charge in [0.15, 0.2) is 0 Å². The molecule has 0 heterocycles. The van der Waals surface area contributed by atoms with Crippen molar-refractivity contribution in [3.8, 4) is 11.5 Å². The molecule has 20 heavy (non-hydrogen) atoms. The Hall–Kier alpha value is -2.04. The molecule has 1 N–H and O–H groups in total. The van der Waals surface area contributed by atoms with Gasteiger partial charge in [-0.1, -0.05) is 30.3 Å². The third-order valence-corrected chi connectivity index (χ3v) is 2.72. The van der Waals surface area contributed by atoms with Crippen LogP contribution >= 0.6 is 0 Å². The Morgan fingerprint density at radius 3 is 2.30 bits per heavy atom. The summed E-state index contributed by atoms with van der Waals surface area (Å²) in [6, 6.07) is 17.5. The molecular formula is C16H19NO3. The van der Waals surface area contributed by atoms with Gasteiger partial charge in [-0.2, -0.15) is 5.48 Å². The molecule has 0 bridgehead atoms.